The van der Waals surface area contributed by atoms with Crippen LogP contribution in [-0.2, 0) is 4.79 Å². The van der Waals surface area contributed by atoms with Crippen LogP contribution in [0, 0.1) is 5.82 Å². The number of amides is 1. The lowest BCUT2D eigenvalue weighted by Crippen LogP contribution is -2.07. The van der Waals surface area contributed by atoms with Crippen molar-refractivity contribution >= 4 is 39.2 Å². The van der Waals surface area contributed by atoms with Gasteiger partial charge in [-0.3, -0.25) is 10.1 Å². The summed E-state index contributed by atoms with van der Waals surface area (Å²) in [6.07, 6.45) is 3.04. The zero-order valence-electron chi connectivity index (χ0n) is 14.2. The number of thiazole rings is 1. The van der Waals surface area contributed by atoms with Crippen molar-refractivity contribution in [2.75, 3.05) is 5.32 Å². The maximum Gasteiger partial charge on any atom is 0.250 e. The SMILES string of the molecule is O=C(/C=C/c1ccc(F)cc1)Nc1nc(-c2ccc3ccccc3c2)cs1. The van der Waals surface area contributed by atoms with Gasteiger partial charge in [-0.2, -0.15) is 0 Å². The summed E-state index contributed by atoms with van der Waals surface area (Å²) in [5.74, 6) is -0.584. The molecule has 1 N–H and O–H groups in total. The van der Waals surface area contributed by atoms with Gasteiger partial charge in [-0.1, -0.05) is 48.5 Å². The summed E-state index contributed by atoms with van der Waals surface area (Å²) in [6.45, 7) is 0. The second-order valence-corrected chi connectivity index (χ2v) is 6.83. The molecule has 1 heterocycles. The highest BCUT2D eigenvalue weighted by atomic mass is 32.1. The number of nitrogens with one attached hydrogen (secondary N) is 1. The molecule has 0 spiro atoms. The molecule has 4 aromatic rings. The summed E-state index contributed by atoms with van der Waals surface area (Å²) >= 11 is 1.38. The Hall–Kier alpha value is -3.31. The maximum absolute atomic E-state index is 12.9. The normalized spacial score (nSPS) is 11.1. The van der Waals surface area contributed by atoms with Crippen molar-refractivity contribution < 1.29 is 9.18 Å². The Morgan fingerprint density at radius 3 is 2.59 bits per heavy atom. The summed E-state index contributed by atoms with van der Waals surface area (Å²) in [7, 11) is 0. The van der Waals surface area contributed by atoms with Gasteiger partial charge in [-0.25, -0.2) is 9.37 Å². The van der Waals surface area contributed by atoms with Crippen molar-refractivity contribution in [3.05, 3.63) is 89.6 Å². The van der Waals surface area contributed by atoms with Crippen molar-refractivity contribution in [2.45, 2.75) is 0 Å². The maximum atomic E-state index is 12.9. The van der Waals surface area contributed by atoms with Crippen LogP contribution in [0.25, 0.3) is 28.1 Å². The Morgan fingerprint density at radius 1 is 1.00 bits per heavy atom. The third kappa shape index (κ3) is 4.10. The van der Waals surface area contributed by atoms with Crippen molar-refractivity contribution in [1.29, 1.82) is 0 Å². The standard InChI is InChI=1S/C22H15FN2OS/c23-19-10-5-15(6-11-19)7-12-21(26)25-22-24-20(14-27-22)18-9-8-16-3-1-2-4-17(16)13-18/h1-14H,(H,24,25,26)/b12-7+. The monoisotopic (exact) mass is 374 g/mol. The van der Waals surface area contributed by atoms with Crippen molar-refractivity contribution in [3.8, 4) is 11.3 Å². The lowest BCUT2D eigenvalue weighted by atomic mass is 10.1. The molecule has 0 atom stereocenters. The first-order valence-electron chi connectivity index (χ1n) is 8.37. The molecule has 0 aliphatic carbocycles. The summed E-state index contributed by atoms with van der Waals surface area (Å²) < 4.78 is 12.9. The number of rotatable bonds is 4. The Balaban J connectivity index is 1.47. The quantitative estimate of drug-likeness (QED) is 0.462. The van der Waals surface area contributed by atoms with E-state index in [4.69, 9.17) is 0 Å². The molecule has 5 heteroatoms. The van der Waals surface area contributed by atoms with Crippen molar-refractivity contribution in [2.24, 2.45) is 0 Å². The fourth-order valence-electron chi connectivity index (χ4n) is 2.71. The first-order chi connectivity index (χ1) is 13.2. The number of aromatic nitrogens is 1. The predicted octanol–water partition coefficient (Wildman–Crippen LogP) is 5.75. The predicted molar refractivity (Wildman–Crippen MR) is 109 cm³/mol. The van der Waals surface area contributed by atoms with Gasteiger partial charge in [0.15, 0.2) is 5.13 Å². The van der Waals surface area contributed by atoms with E-state index in [-0.39, 0.29) is 11.7 Å². The van der Waals surface area contributed by atoms with E-state index >= 15 is 0 Å². The molecule has 27 heavy (non-hydrogen) atoms. The Kier molecular flexibility index (Phi) is 4.77. The largest absolute Gasteiger partial charge is 0.298 e. The molecule has 0 aliphatic rings. The lowest BCUT2D eigenvalue weighted by Gasteiger charge is -2.01. The van der Waals surface area contributed by atoms with Crippen LogP contribution < -0.4 is 5.32 Å². The Morgan fingerprint density at radius 2 is 1.78 bits per heavy atom. The number of fused-ring (bicyclic) bond motifs is 1. The van der Waals surface area contributed by atoms with Crippen LogP contribution in [0.5, 0.6) is 0 Å². The van der Waals surface area contributed by atoms with Crippen LogP contribution in [0.15, 0.2) is 78.2 Å². The summed E-state index contributed by atoms with van der Waals surface area (Å²) in [4.78, 5) is 16.6. The van der Waals surface area contributed by atoms with Crippen molar-refractivity contribution in [1.82, 2.24) is 4.98 Å². The smallest absolute Gasteiger partial charge is 0.250 e. The highest BCUT2D eigenvalue weighted by Crippen LogP contribution is 2.27. The summed E-state index contributed by atoms with van der Waals surface area (Å²) in [5.41, 5.74) is 2.58. The van der Waals surface area contributed by atoms with Crippen LogP contribution in [0.4, 0.5) is 9.52 Å². The van der Waals surface area contributed by atoms with Gasteiger partial charge in [0.05, 0.1) is 5.69 Å². The van der Waals surface area contributed by atoms with E-state index in [9.17, 15) is 9.18 Å². The minimum atomic E-state index is -0.305. The van der Waals surface area contributed by atoms with E-state index in [1.54, 1.807) is 18.2 Å². The molecule has 0 radical (unpaired) electrons. The number of halogens is 1. The molecule has 0 saturated heterocycles. The van der Waals surface area contributed by atoms with E-state index in [2.05, 4.69) is 34.6 Å². The fraction of sp³-hybridized carbons (Fsp3) is 0. The number of carbonyl (C=O) groups is 1. The van der Waals surface area contributed by atoms with Gasteiger partial charge in [-0.05, 0) is 40.6 Å². The molecule has 0 fully saturated rings. The molecule has 132 valence electrons. The van der Waals surface area contributed by atoms with Crippen molar-refractivity contribution in [3.63, 3.8) is 0 Å². The highest BCUT2D eigenvalue weighted by Gasteiger charge is 2.07. The number of anilines is 1. The molecule has 0 aliphatic heterocycles. The van der Waals surface area contributed by atoms with E-state index < -0.39 is 0 Å². The van der Waals surface area contributed by atoms with E-state index in [0.29, 0.717) is 5.13 Å². The zero-order chi connectivity index (χ0) is 18.6. The van der Waals surface area contributed by atoms with E-state index in [1.807, 2.05) is 23.6 Å². The van der Waals surface area contributed by atoms with Gasteiger partial charge in [0.25, 0.3) is 0 Å². The first-order valence-corrected chi connectivity index (χ1v) is 9.25. The van der Waals surface area contributed by atoms with Crippen LogP contribution in [-0.4, -0.2) is 10.9 Å². The zero-order valence-corrected chi connectivity index (χ0v) is 15.0. The molecular formula is C22H15FN2OS. The number of benzene rings is 3. The molecule has 0 unspecified atom stereocenters. The van der Waals surface area contributed by atoms with Crippen LogP contribution in [0.3, 0.4) is 0 Å². The topological polar surface area (TPSA) is 42.0 Å². The molecule has 1 amide bonds. The number of carbonyl (C=O) groups excluding carboxylic acids is 1. The molecule has 3 nitrogen and oxygen atoms in total. The molecular weight excluding hydrogens is 359 g/mol. The number of nitrogens with zero attached hydrogens (tertiary/aromatic N) is 1. The second-order valence-electron chi connectivity index (χ2n) is 5.97. The lowest BCUT2D eigenvalue weighted by molar-refractivity contribution is -0.111. The second kappa shape index (κ2) is 7.51. The third-order valence-electron chi connectivity index (χ3n) is 4.08. The average molecular weight is 374 g/mol. The van der Waals surface area contributed by atoms with Gasteiger partial charge in [0.2, 0.25) is 5.91 Å². The number of hydrogen-bond acceptors (Lipinski definition) is 3. The van der Waals surface area contributed by atoms with Crippen LogP contribution in [0.1, 0.15) is 5.56 Å². The Bertz CT molecular complexity index is 1130. The summed E-state index contributed by atoms with van der Waals surface area (Å²) in [6, 6.07) is 20.3. The molecule has 0 bridgehead atoms. The minimum Gasteiger partial charge on any atom is -0.298 e. The van der Waals surface area contributed by atoms with Gasteiger partial charge in [-0.15, -0.1) is 11.3 Å². The average Bonchev–Trinajstić information content (AvgIpc) is 3.15. The first kappa shape index (κ1) is 17.1. The molecule has 1 aromatic heterocycles. The van der Waals surface area contributed by atoms with Crippen LogP contribution in [0.2, 0.25) is 0 Å². The fourth-order valence-corrected chi connectivity index (χ4v) is 3.43. The third-order valence-corrected chi connectivity index (χ3v) is 4.83. The van der Waals surface area contributed by atoms with E-state index in [0.717, 1.165) is 22.2 Å². The van der Waals surface area contributed by atoms with Gasteiger partial charge >= 0.3 is 0 Å². The molecule has 0 saturated carbocycles. The molecule has 3 aromatic carbocycles. The van der Waals surface area contributed by atoms with Gasteiger partial charge in [0.1, 0.15) is 5.82 Å². The van der Waals surface area contributed by atoms with Crippen LogP contribution >= 0.6 is 11.3 Å². The number of hydrogen-bond donors (Lipinski definition) is 1. The summed E-state index contributed by atoms with van der Waals surface area (Å²) in [5, 5.41) is 7.54. The van der Waals surface area contributed by atoms with Gasteiger partial charge in [0, 0.05) is 17.0 Å². The van der Waals surface area contributed by atoms with E-state index in [1.165, 1.54) is 34.9 Å². The molecule has 4 rings (SSSR count). The van der Waals surface area contributed by atoms with Gasteiger partial charge < -0.3 is 0 Å². The minimum absolute atomic E-state index is 0.279. The highest BCUT2D eigenvalue weighted by molar-refractivity contribution is 7.14. The Labute approximate surface area is 159 Å².